The van der Waals surface area contributed by atoms with Gasteiger partial charge in [-0.05, 0) is 12.5 Å². The fraction of sp³-hybridized carbons (Fsp3) is 0.400. The second-order valence-electron chi connectivity index (χ2n) is 4.88. The van der Waals surface area contributed by atoms with Gasteiger partial charge in [-0.3, -0.25) is 4.79 Å². The van der Waals surface area contributed by atoms with Crippen LogP contribution in [0.4, 0.5) is 5.69 Å². The van der Waals surface area contributed by atoms with Gasteiger partial charge in [0.25, 0.3) is 5.91 Å². The highest BCUT2D eigenvalue weighted by Gasteiger charge is 2.51. The molecular formula is C15H19NO3. The molecule has 1 heterocycles. The summed E-state index contributed by atoms with van der Waals surface area (Å²) >= 11 is 0. The number of rotatable bonds is 4. The molecule has 0 aromatic heterocycles. The maximum Gasteiger partial charge on any atom is 0.264 e. The number of benzene rings is 1. The molecule has 2 rings (SSSR count). The van der Waals surface area contributed by atoms with Crippen molar-refractivity contribution in [1.82, 2.24) is 0 Å². The highest BCUT2D eigenvalue weighted by molar-refractivity contribution is 6.06. The van der Waals surface area contributed by atoms with E-state index in [0.29, 0.717) is 12.0 Å². The predicted molar refractivity (Wildman–Crippen MR) is 73.8 cm³/mol. The molecule has 2 N–H and O–H groups in total. The third-order valence-corrected chi connectivity index (χ3v) is 3.69. The molecule has 0 aliphatic carbocycles. The molecule has 0 fully saturated rings. The van der Waals surface area contributed by atoms with Gasteiger partial charge in [-0.2, -0.15) is 0 Å². The summed E-state index contributed by atoms with van der Waals surface area (Å²) in [6.45, 7) is 1.87. The number of fused-ring (bicyclic) bond motifs is 1. The van der Waals surface area contributed by atoms with E-state index in [0.717, 1.165) is 5.69 Å². The molecule has 102 valence electrons. The number of para-hydroxylation sites is 1. The second kappa shape index (κ2) is 5.15. The van der Waals surface area contributed by atoms with Crippen molar-refractivity contribution in [2.75, 3.05) is 18.6 Å². The van der Waals surface area contributed by atoms with Gasteiger partial charge in [0, 0.05) is 25.1 Å². The molecule has 19 heavy (non-hydrogen) atoms. The van der Waals surface area contributed by atoms with Crippen molar-refractivity contribution in [2.24, 2.45) is 5.92 Å². The van der Waals surface area contributed by atoms with Crippen molar-refractivity contribution in [3.05, 3.63) is 42.0 Å². The van der Waals surface area contributed by atoms with Crippen molar-refractivity contribution in [3.8, 4) is 0 Å². The van der Waals surface area contributed by atoms with Crippen LogP contribution in [0.2, 0.25) is 0 Å². The molecule has 1 aliphatic heterocycles. The predicted octanol–water partition coefficient (Wildman–Crippen LogP) is 1.43. The van der Waals surface area contributed by atoms with E-state index in [1.807, 2.05) is 25.1 Å². The summed E-state index contributed by atoms with van der Waals surface area (Å²) in [6, 6.07) is 7.28. The minimum atomic E-state index is -1.52. The Morgan fingerprint density at radius 3 is 2.79 bits per heavy atom. The summed E-state index contributed by atoms with van der Waals surface area (Å²) < 4.78 is 0. The smallest absolute Gasteiger partial charge is 0.264 e. The first-order chi connectivity index (χ1) is 9.03. The monoisotopic (exact) mass is 261 g/mol. The van der Waals surface area contributed by atoms with Gasteiger partial charge in [0.1, 0.15) is 0 Å². The lowest BCUT2D eigenvalue weighted by atomic mass is 9.83. The first-order valence-corrected chi connectivity index (χ1v) is 6.41. The summed E-state index contributed by atoms with van der Waals surface area (Å²) in [5.74, 6) is -0.660. The SMILES string of the molecule is C[C@H](/C=C/CCO)[C@@]1(O)C(=O)N(C)c2ccccc21. The molecule has 2 atom stereocenters. The van der Waals surface area contributed by atoms with Crippen molar-refractivity contribution >= 4 is 11.6 Å². The second-order valence-corrected chi connectivity index (χ2v) is 4.88. The largest absolute Gasteiger partial charge is 0.396 e. The van der Waals surface area contributed by atoms with Crippen molar-refractivity contribution in [3.63, 3.8) is 0 Å². The lowest BCUT2D eigenvalue weighted by Gasteiger charge is -2.26. The summed E-state index contributed by atoms with van der Waals surface area (Å²) in [5.41, 5.74) is -0.127. The number of carbonyl (C=O) groups excluding carboxylic acids is 1. The third-order valence-electron chi connectivity index (χ3n) is 3.69. The Balaban J connectivity index is 2.40. The number of hydrogen-bond acceptors (Lipinski definition) is 3. The molecule has 0 radical (unpaired) electrons. The zero-order chi connectivity index (χ0) is 14.0. The quantitative estimate of drug-likeness (QED) is 0.806. The topological polar surface area (TPSA) is 60.8 Å². The Labute approximate surface area is 113 Å². The van der Waals surface area contributed by atoms with Crippen LogP contribution in [0.5, 0.6) is 0 Å². The van der Waals surface area contributed by atoms with Crippen LogP contribution in [0.15, 0.2) is 36.4 Å². The third kappa shape index (κ3) is 2.07. The van der Waals surface area contributed by atoms with Gasteiger partial charge >= 0.3 is 0 Å². The van der Waals surface area contributed by atoms with E-state index in [9.17, 15) is 9.90 Å². The van der Waals surface area contributed by atoms with Gasteiger partial charge in [0.2, 0.25) is 0 Å². The lowest BCUT2D eigenvalue weighted by molar-refractivity contribution is -0.139. The Bertz CT molecular complexity index is 512. The molecule has 1 amide bonds. The molecule has 1 aromatic rings. The Morgan fingerprint density at radius 1 is 1.42 bits per heavy atom. The Kier molecular flexibility index (Phi) is 3.73. The molecule has 1 aromatic carbocycles. The van der Waals surface area contributed by atoms with Crippen LogP contribution in [0.25, 0.3) is 0 Å². The molecule has 0 bridgehead atoms. The number of aliphatic hydroxyl groups is 2. The van der Waals surface area contributed by atoms with Gasteiger partial charge in [0.15, 0.2) is 5.60 Å². The van der Waals surface area contributed by atoms with E-state index in [-0.39, 0.29) is 18.4 Å². The van der Waals surface area contributed by atoms with E-state index in [1.165, 1.54) is 4.90 Å². The number of aliphatic hydroxyl groups excluding tert-OH is 1. The molecule has 0 unspecified atom stereocenters. The van der Waals surface area contributed by atoms with E-state index < -0.39 is 5.60 Å². The number of amides is 1. The molecule has 0 spiro atoms. The highest BCUT2D eigenvalue weighted by Crippen LogP contribution is 2.44. The zero-order valence-electron chi connectivity index (χ0n) is 11.2. The standard InChI is InChI=1S/C15H19NO3/c1-11(7-5-6-10-17)15(19)12-8-3-4-9-13(12)16(2)14(15)18/h3-5,7-9,11,17,19H,6,10H2,1-2H3/b7-5+/t11-,15+/m1/s1. The molecule has 4 heteroatoms. The van der Waals surface area contributed by atoms with Crippen LogP contribution in [0.1, 0.15) is 18.9 Å². The van der Waals surface area contributed by atoms with Crippen LogP contribution in [-0.2, 0) is 10.4 Å². The van der Waals surface area contributed by atoms with Crippen LogP contribution >= 0.6 is 0 Å². The van der Waals surface area contributed by atoms with Crippen LogP contribution in [-0.4, -0.2) is 29.8 Å². The van der Waals surface area contributed by atoms with Gasteiger partial charge in [-0.1, -0.05) is 37.3 Å². The van der Waals surface area contributed by atoms with Crippen LogP contribution in [0, 0.1) is 5.92 Å². The minimum Gasteiger partial charge on any atom is -0.396 e. The van der Waals surface area contributed by atoms with Gasteiger partial charge in [-0.15, -0.1) is 0 Å². The van der Waals surface area contributed by atoms with Gasteiger partial charge in [-0.25, -0.2) is 0 Å². The zero-order valence-corrected chi connectivity index (χ0v) is 11.2. The molecule has 4 nitrogen and oxygen atoms in total. The molecule has 1 aliphatic rings. The average Bonchev–Trinajstić information content (AvgIpc) is 2.63. The minimum absolute atomic E-state index is 0.0616. The van der Waals surface area contributed by atoms with Crippen molar-refractivity contribution < 1.29 is 15.0 Å². The Morgan fingerprint density at radius 2 is 2.11 bits per heavy atom. The maximum absolute atomic E-state index is 12.4. The normalized spacial score (nSPS) is 24.0. The summed E-state index contributed by atoms with van der Waals surface area (Å²) in [4.78, 5) is 13.8. The number of likely N-dealkylation sites (N-methyl/N-ethyl adjacent to an activating group) is 1. The summed E-state index contributed by atoms with van der Waals surface area (Å²) in [6.07, 6.45) is 4.09. The fourth-order valence-electron chi connectivity index (χ4n) is 2.52. The van der Waals surface area contributed by atoms with Crippen molar-refractivity contribution in [2.45, 2.75) is 18.9 Å². The number of nitrogens with zero attached hydrogens (tertiary/aromatic N) is 1. The Hall–Kier alpha value is -1.65. The molecular weight excluding hydrogens is 242 g/mol. The van der Waals surface area contributed by atoms with E-state index >= 15 is 0 Å². The lowest BCUT2D eigenvalue weighted by Crippen LogP contribution is -2.43. The first-order valence-electron chi connectivity index (χ1n) is 6.41. The summed E-state index contributed by atoms with van der Waals surface area (Å²) in [7, 11) is 1.67. The number of anilines is 1. The van der Waals surface area contributed by atoms with Gasteiger partial charge < -0.3 is 15.1 Å². The molecule has 0 saturated carbocycles. The van der Waals surface area contributed by atoms with E-state index in [1.54, 1.807) is 25.3 Å². The van der Waals surface area contributed by atoms with E-state index in [4.69, 9.17) is 5.11 Å². The van der Waals surface area contributed by atoms with Crippen LogP contribution in [0.3, 0.4) is 0 Å². The number of hydrogen-bond donors (Lipinski definition) is 2. The average molecular weight is 261 g/mol. The molecule has 0 saturated heterocycles. The number of carbonyl (C=O) groups is 1. The fourth-order valence-corrected chi connectivity index (χ4v) is 2.52. The first kappa shape index (κ1) is 13.8. The van der Waals surface area contributed by atoms with Crippen molar-refractivity contribution in [1.29, 1.82) is 0 Å². The maximum atomic E-state index is 12.4. The van der Waals surface area contributed by atoms with Crippen LogP contribution < -0.4 is 4.90 Å². The summed E-state index contributed by atoms with van der Waals surface area (Å²) in [5, 5.41) is 19.6. The highest BCUT2D eigenvalue weighted by atomic mass is 16.3. The van der Waals surface area contributed by atoms with Gasteiger partial charge in [0.05, 0.1) is 5.69 Å². The van der Waals surface area contributed by atoms with E-state index in [2.05, 4.69) is 0 Å².